The quantitative estimate of drug-likeness (QED) is 0.274. The Morgan fingerprint density at radius 1 is 0.968 bits per heavy atom. The van der Waals surface area contributed by atoms with Gasteiger partial charge in [-0.1, -0.05) is 6.07 Å². The van der Waals surface area contributed by atoms with E-state index in [4.69, 9.17) is 9.47 Å². The van der Waals surface area contributed by atoms with Crippen LogP contribution in [0.4, 0.5) is 11.4 Å². The first-order chi connectivity index (χ1) is 14.9. The third kappa shape index (κ3) is 5.98. The molecule has 3 rings (SSSR count). The maximum absolute atomic E-state index is 10.8. The zero-order valence-electron chi connectivity index (χ0n) is 17.8. The predicted molar refractivity (Wildman–Crippen MR) is 126 cm³/mol. The van der Waals surface area contributed by atoms with E-state index in [0.717, 1.165) is 21.3 Å². The minimum atomic E-state index is -0.418. The van der Waals surface area contributed by atoms with Crippen LogP contribution in [0.5, 0.6) is 11.5 Å². The lowest BCUT2D eigenvalue weighted by Crippen LogP contribution is -2.04. The molecule has 0 atom stereocenters. The van der Waals surface area contributed by atoms with Crippen molar-refractivity contribution in [1.82, 2.24) is 0 Å². The maximum Gasteiger partial charge on any atom is 0.269 e. The van der Waals surface area contributed by atoms with E-state index in [1.807, 2.05) is 19.1 Å². The van der Waals surface area contributed by atoms with Gasteiger partial charge in [0.2, 0.25) is 0 Å². The van der Waals surface area contributed by atoms with E-state index in [0.29, 0.717) is 24.7 Å². The number of ether oxygens (including phenoxy) is 2. The van der Waals surface area contributed by atoms with E-state index in [2.05, 4.69) is 53.3 Å². The number of rotatable bonds is 9. The Hall–Kier alpha value is -3.06. The number of nitro groups is 1. The summed E-state index contributed by atoms with van der Waals surface area (Å²) in [6.45, 7) is 7.55. The van der Waals surface area contributed by atoms with Gasteiger partial charge in [-0.2, -0.15) is 0 Å². The van der Waals surface area contributed by atoms with Crippen molar-refractivity contribution in [2.75, 3.05) is 11.9 Å². The molecule has 0 saturated heterocycles. The minimum absolute atomic E-state index is 0.0561. The second-order valence-corrected chi connectivity index (χ2v) is 8.06. The number of nitrogens with zero attached hydrogens (tertiary/aromatic N) is 1. The molecule has 0 bridgehead atoms. The molecule has 0 radical (unpaired) electrons. The number of hydrogen-bond acceptors (Lipinski definition) is 5. The molecule has 3 aromatic rings. The second kappa shape index (κ2) is 10.3. The Morgan fingerprint density at radius 3 is 2.35 bits per heavy atom. The highest BCUT2D eigenvalue weighted by atomic mass is 79.9. The summed E-state index contributed by atoms with van der Waals surface area (Å²) in [4.78, 5) is 10.4. The lowest BCUT2D eigenvalue weighted by Gasteiger charge is -2.16. The first-order valence-corrected chi connectivity index (χ1v) is 10.8. The van der Waals surface area contributed by atoms with E-state index in [9.17, 15) is 10.1 Å². The molecule has 0 aliphatic heterocycles. The van der Waals surface area contributed by atoms with Crippen molar-refractivity contribution in [2.45, 2.75) is 33.9 Å². The topological polar surface area (TPSA) is 73.6 Å². The van der Waals surface area contributed by atoms with Gasteiger partial charge in [0, 0.05) is 24.4 Å². The molecule has 0 aliphatic rings. The molecule has 7 heteroatoms. The first kappa shape index (κ1) is 22.6. The number of anilines is 1. The third-order valence-electron chi connectivity index (χ3n) is 4.90. The Labute approximate surface area is 190 Å². The molecule has 0 aromatic heterocycles. The van der Waals surface area contributed by atoms with Gasteiger partial charge in [-0.05, 0) is 95.4 Å². The summed E-state index contributed by atoms with van der Waals surface area (Å²) in [5.41, 5.74) is 5.52. The van der Waals surface area contributed by atoms with E-state index < -0.39 is 4.92 Å². The number of nitro benzene ring substituents is 1. The smallest absolute Gasteiger partial charge is 0.269 e. The van der Waals surface area contributed by atoms with Crippen LogP contribution in [0.15, 0.2) is 59.1 Å². The van der Waals surface area contributed by atoms with Crippen molar-refractivity contribution < 1.29 is 14.4 Å². The van der Waals surface area contributed by atoms with Crippen LogP contribution in [0.3, 0.4) is 0 Å². The van der Waals surface area contributed by atoms with E-state index >= 15 is 0 Å². The zero-order chi connectivity index (χ0) is 22.4. The van der Waals surface area contributed by atoms with Crippen LogP contribution in [0, 0.1) is 24.0 Å². The number of hydrogen-bond donors (Lipinski definition) is 1. The van der Waals surface area contributed by atoms with E-state index in [-0.39, 0.29) is 12.3 Å². The Bertz CT molecular complexity index is 1070. The normalized spacial score (nSPS) is 10.6. The summed E-state index contributed by atoms with van der Waals surface area (Å²) in [7, 11) is 0. The van der Waals surface area contributed by atoms with E-state index in [1.54, 1.807) is 12.1 Å². The van der Waals surface area contributed by atoms with Gasteiger partial charge >= 0.3 is 0 Å². The van der Waals surface area contributed by atoms with Crippen LogP contribution in [0.1, 0.15) is 29.2 Å². The summed E-state index contributed by atoms with van der Waals surface area (Å²) in [6, 6.07) is 16.6. The van der Waals surface area contributed by atoms with Crippen LogP contribution in [0.25, 0.3) is 0 Å². The zero-order valence-corrected chi connectivity index (χ0v) is 19.4. The summed E-state index contributed by atoms with van der Waals surface area (Å²) in [5.74, 6) is 1.26. The highest BCUT2D eigenvalue weighted by molar-refractivity contribution is 9.10. The molecule has 6 nitrogen and oxygen atoms in total. The molecule has 162 valence electrons. The third-order valence-corrected chi connectivity index (χ3v) is 5.49. The molecule has 0 fully saturated rings. The van der Waals surface area contributed by atoms with Gasteiger partial charge < -0.3 is 14.8 Å². The average molecular weight is 485 g/mol. The molecular formula is C24H25BrN2O4. The fraction of sp³-hybridized carbons (Fsp3) is 0.250. The number of benzene rings is 3. The fourth-order valence-corrected chi connectivity index (χ4v) is 3.66. The first-order valence-electron chi connectivity index (χ1n) is 10.00. The van der Waals surface area contributed by atoms with Crippen LogP contribution in [-0.2, 0) is 13.2 Å². The Kier molecular flexibility index (Phi) is 7.52. The summed E-state index contributed by atoms with van der Waals surface area (Å²) in [6.07, 6.45) is 0. The highest BCUT2D eigenvalue weighted by Crippen LogP contribution is 2.37. The van der Waals surface area contributed by atoms with Crippen molar-refractivity contribution in [2.24, 2.45) is 0 Å². The monoisotopic (exact) mass is 484 g/mol. The molecular weight excluding hydrogens is 460 g/mol. The molecule has 1 N–H and O–H groups in total. The van der Waals surface area contributed by atoms with Crippen molar-refractivity contribution in [3.8, 4) is 11.5 Å². The second-order valence-electron chi connectivity index (χ2n) is 7.20. The SMILES string of the molecule is CCOc1cc(CNc2ccc(C)c(C)c2)cc(Br)c1OCc1ccc([N+](=O)[O-])cc1. The Morgan fingerprint density at radius 2 is 1.71 bits per heavy atom. The molecule has 0 unspecified atom stereocenters. The average Bonchev–Trinajstić information content (AvgIpc) is 2.74. The van der Waals surface area contributed by atoms with Crippen molar-refractivity contribution >= 4 is 27.3 Å². The summed E-state index contributed by atoms with van der Waals surface area (Å²) < 4.78 is 12.6. The summed E-state index contributed by atoms with van der Waals surface area (Å²) in [5, 5.41) is 14.3. The van der Waals surface area contributed by atoms with Gasteiger partial charge in [-0.25, -0.2) is 0 Å². The largest absolute Gasteiger partial charge is 0.490 e. The van der Waals surface area contributed by atoms with Crippen molar-refractivity contribution in [1.29, 1.82) is 0 Å². The van der Waals surface area contributed by atoms with Gasteiger partial charge in [-0.3, -0.25) is 10.1 Å². The molecule has 31 heavy (non-hydrogen) atoms. The molecule has 0 spiro atoms. The molecule has 0 saturated carbocycles. The number of aryl methyl sites for hydroxylation is 2. The van der Waals surface area contributed by atoms with E-state index in [1.165, 1.54) is 23.3 Å². The lowest BCUT2D eigenvalue weighted by atomic mass is 10.1. The number of non-ortho nitro benzene ring substituents is 1. The Balaban J connectivity index is 1.73. The molecule has 0 heterocycles. The van der Waals surface area contributed by atoms with Crippen molar-refractivity contribution in [3.63, 3.8) is 0 Å². The highest BCUT2D eigenvalue weighted by Gasteiger charge is 2.13. The minimum Gasteiger partial charge on any atom is -0.490 e. The van der Waals surface area contributed by atoms with Crippen LogP contribution >= 0.6 is 15.9 Å². The van der Waals surface area contributed by atoms with Gasteiger partial charge in [0.15, 0.2) is 11.5 Å². The standard InChI is InChI=1S/C24H25BrN2O4/c1-4-30-23-13-19(14-26-20-8-5-16(2)17(3)11-20)12-22(25)24(23)31-15-18-6-9-21(10-7-18)27(28)29/h5-13,26H,4,14-15H2,1-3H3. The van der Waals surface area contributed by atoms with Gasteiger partial charge in [0.1, 0.15) is 6.61 Å². The van der Waals surface area contributed by atoms with Crippen LogP contribution in [0.2, 0.25) is 0 Å². The summed E-state index contributed by atoms with van der Waals surface area (Å²) >= 11 is 3.60. The maximum atomic E-state index is 10.8. The number of nitrogens with one attached hydrogen (secondary N) is 1. The van der Waals surface area contributed by atoms with Gasteiger partial charge in [0.05, 0.1) is 16.0 Å². The van der Waals surface area contributed by atoms with Gasteiger partial charge in [0.25, 0.3) is 5.69 Å². The van der Waals surface area contributed by atoms with Crippen molar-refractivity contribution in [3.05, 3.63) is 91.4 Å². The van der Waals surface area contributed by atoms with Crippen LogP contribution in [-0.4, -0.2) is 11.5 Å². The number of halogens is 1. The lowest BCUT2D eigenvalue weighted by molar-refractivity contribution is -0.384. The fourth-order valence-electron chi connectivity index (χ4n) is 3.05. The molecule has 3 aromatic carbocycles. The van der Waals surface area contributed by atoms with Crippen LogP contribution < -0.4 is 14.8 Å². The predicted octanol–water partition coefficient (Wildman–Crippen LogP) is 6.56. The molecule has 0 aliphatic carbocycles. The molecule has 0 amide bonds. The van der Waals surface area contributed by atoms with Gasteiger partial charge in [-0.15, -0.1) is 0 Å².